The summed E-state index contributed by atoms with van der Waals surface area (Å²) in [6.07, 6.45) is 2.25. The van der Waals surface area contributed by atoms with Gasteiger partial charge < -0.3 is 15.1 Å². The van der Waals surface area contributed by atoms with Gasteiger partial charge in [-0.25, -0.2) is 9.97 Å². The first kappa shape index (κ1) is 17.9. The van der Waals surface area contributed by atoms with Crippen molar-refractivity contribution in [2.75, 3.05) is 41.3 Å². The van der Waals surface area contributed by atoms with Gasteiger partial charge in [0, 0.05) is 37.9 Å². The lowest BCUT2D eigenvalue weighted by Crippen LogP contribution is -2.47. The van der Waals surface area contributed by atoms with Crippen LogP contribution in [0.25, 0.3) is 0 Å². The number of piperazine rings is 1. The van der Waals surface area contributed by atoms with Gasteiger partial charge in [0.1, 0.15) is 6.33 Å². The Morgan fingerprint density at radius 1 is 1.15 bits per heavy atom. The van der Waals surface area contributed by atoms with Crippen molar-refractivity contribution < 1.29 is 4.92 Å². The van der Waals surface area contributed by atoms with Crippen molar-refractivity contribution >= 4 is 23.0 Å². The minimum absolute atomic E-state index is 0.0408. The van der Waals surface area contributed by atoms with Crippen molar-refractivity contribution in [1.29, 1.82) is 0 Å². The molecular weight excluding hydrogens is 332 g/mol. The summed E-state index contributed by atoms with van der Waals surface area (Å²) in [7, 11) is 0. The summed E-state index contributed by atoms with van der Waals surface area (Å²) in [4.78, 5) is 23.9. The van der Waals surface area contributed by atoms with Gasteiger partial charge in [-0.15, -0.1) is 0 Å². The molecule has 0 aliphatic carbocycles. The average molecular weight is 356 g/mol. The van der Waals surface area contributed by atoms with Crippen LogP contribution in [0.5, 0.6) is 0 Å². The van der Waals surface area contributed by atoms with E-state index in [4.69, 9.17) is 0 Å². The highest BCUT2D eigenvalue weighted by Gasteiger charge is 2.29. The third-order valence-corrected chi connectivity index (χ3v) is 4.68. The Morgan fingerprint density at radius 2 is 1.81 bits per heavy atom. The van der Waals surface area contributed by atoms with Gasteiger partial charge in [0.2, 0.25) is 11.6 Å². The van der Waals surface area contributed by atoms with E-state index in [0.29, 0.717) is 24.7 Å². The standard InChI is InChI=1S/C18H24N6O2/c1-3-14(2)21-17-16(24(25)26)18(20-13-19-17)23-11-9-22(10-12-23)15-7-5-4-6-8-15/h4-8,13-14H,3,9-12H2,1-2H3,(H,19,20,21). The Balaban J connectivity index is 1.79. The van der Waals surface area contributed by atoms with E-state index >= 15 is 0 Å². The van der Waals surface area contributed by atoms with Gasteiger partial charge in [0.25, 0.3) is 0 Å². The van der Waals surface area contributed by atoms with Crippen LogP contribution in [-0.2, 0) is 0 Å². The van der Waals surface area contributed by atoms with Crippen molar-refractivity contribution in [2.24, 2.45) is 0 Å². The second-order valence-electron chi connectivity index (χ2n) is 6.41. The number of rotatable bonds is 6. The van der Waals surface area contributed by atoms with Gasteiger partial charge in [-0.05, 0) is 25.5 Å². The maximum Gasteiger partial charge on any atom is 0.353 e. The van der Waals surface area contributed by atoms with Crippen LogP contribution in [0, 0.1) is 10.1 Å². The third-order valence-electron chi connectivity index (χ3n) is 4.68. The zero-order valence-electron chi connectivity index (χ0n) is 15.1. The summed E-state index contributed by atoms with van der Waals surface area (Å²) in [6.45, 7) is 6.93. The molecule has 3 rings (SSSR count). The fraction of sp³-hybridized carbons (Fsp3) is 0.444. The molecule has 1 N–H and O–H groups in total. The van der Waals surface area contributed by atoms with Crippen LogP contribution in [0.1, 0.15) is 20.3 Å². The fourth-order valence-corrected chi connectivity index (χ4v) is 3.03. The van der Waals surface area contributed by atoms with Gasteiger partial charge in [-0.3, -0.25) is 10.1 Å². The SMILES string of the molecule is CCC(C)Nc1ncnc(N2CCN(c3ccccc3)CC2)c1[N+](=O)[O-]. The summed E-state index contributed by atoms with van der Waals surface area (Å²) in [5.41, 5.74) is 1.13. The van der Waals surface area contributed by atoms with Crippen LogP contribution < -0.4 is 15.1 Å². The molecule has 2 heterocycles. The first-order valence-corrected chi connectivity index (χ1v) is 8.91. The number of hydrogen-bond acceptors (Lipinski definition) is 7. The van der Waals surface area contributed by atoms with Crippen molar-refractivity contribution in [3.8, 4) is 0 Å². The molecule has 1 aromatic heterocycles. The fourth-order valence-electron chi connectivity index (χ4n) is 3.03. The van der Waals surface area contributed by atoms with E-state index in [1.54, 1.807) is 0 Å². The summed E-state index contributed by atoms with van der Waals surface area (Å²) in [6, 6.07) is 10.3. The maximum atomic E-state index is 11.7. The van der Waals surface area contributed by atoms with Crippen LogP contribution in [0.4, 0.5) is 23.0 Å². The van der Waals surface area contributed by atoms with Gasteiger partial charge in [0.15, 0.2) is 0 Å². The summed E-state index contributed by atoms with van der Waals surface area (Å²) >= 11 is 0. The largest absolute Gasteiger partial charge is 0.368 e. The number of nitrogens with one attached hydrogen (secondary N) is 1. The van der Waals surface area contributed by atoms with Crippen LogP contribution in [0.3, 0.4) is 0 Å². The Kier molecular flexibility index (Phi) is 5.50. The lowest BCUT2D eigenvalue weighted by atomic mass is 10.2. The molecule has 1 fully saturated rings. The lowest BCUT2D eigenvalue weighted by Gasteiger charge is -2.36. The van der Waals surface area contributed by atoms with E-state index in [9.17, 15) is 10.1 Å². The molecule has 1 aromatic carbocycles. The van der Waals surface area contributed by atoms with Crippen LogP contribution in [-0.4, -0.2) is 47.1 Å². The maximum absolute atomic E-state index is 11.7. The predicted molar refractivity (Wildman–Crippen MR) is 103 cm³/mol. The first-order chi connectivity index (χ1) is 12.6. The van der Waals surface area contributed by atoms with E-state index in [2.05, 4.69) is 32.3 Å². The average Bonchev–Trinajstić information content (AvgIpc) is 2.68. The zero-order valence-corrected chi connectivity index (χ0v) is 15.1. The Hall–Kier alpha value is -2.90. The topological polar surface area (TPSA) is 87.4 Å². The van der Waals surface area contributed by atoms with Gasteiger partial charge in [0.05, 0.1) is 4.92 Å². The number of hydrogen-bond donors (Lipinski definition) is 1. The van der Waals surface area contributed by atoms with E-state index in [1.165, 1.54) is 12.0 Å². The molecule has 0 saturated carbocycles. The second-order valence-corrected chi connectivity index (χ2v) is 6.41. The molecule has 1 aliphatic heterocycles. The minimum atomic E-state index is -0.385. The number of benzene rings is 1. The first-order valence-electron chi connectivity index (χ1n) is 8.91. The minimum Gasteiger partial charge on any atom is -0.368 e. The number of nitro groups is 1. The molecule has 1 unspecified atom stereocenters. The molecule has 8 nitrogen and oxygen atoms in total. The highest BCUT2D eigenvalue weighted by atomic mass is 16.6. The van der Waals surface area contributed by atoms with Crippen LogP contribution in [0.2, 0.25) is 0 Å². The van der Waals surface area contributed by atoms with Crippen molar-refractivity contribution in [2.45, 2.75) is 26.3 Å². The van der Waals surface area contributed by atoms with Crippen LogP contribution >= 0.6 is 0 Å². The summed E-state index contributed by atoms with van der Waals surface area (Å²) in [5, 5.41) is 14.8. The van der Waals surface area contributed by atoms with Gasteiger partial charge >= 0.3 is 5.69 Å². The molecule has 138 valence electrons. The monoisotopic (exact) mass is 356 g/mol. The molecule has 26 heavy (non-hydrogen) atoms. The van der Waals surface area contributed by atoms with Crippen molar-refractivity contribution in [3.05, 3.63) is 46.8 Å². The predicted octanol–water partition coefficient (Wildman–Crippen LogP) is 2.92. The molecule has 0 bridgehead atoms. The number of anilines is 3. The van der Waals surface area contributed by atoms with Gasteiger partial charge in [-0.1, -0.05) is 25.1 Å². The van der Waals surface area contributed by atoms with Crippen molar-refractivity contribution in [3.63, 3.8) is 0 Å². The Labute approximate surface area is 153 Å². The summed E-state index contributed by atoms with van der Waals surface area (Å²) in [5.74, 6) is 0.684. The third kappa shape index (κ3) is 3.84. The molecule has 1 saturated heterocycles. The molecule has 1 atom stereocenters. The Morgan fingerprint density at radius 3 is 2.42 bits per heavy atom. The normalized spacial score (nSPS) is 15.6. The smallest absolute Gasteiger partial charge is 0.353 e. The van der Waals surface area contributed by atoms with Crippen molar-refractivity contribution in [1.82, 2.24) is 9.97 Å². The molecule has 0 amide bonds. The second kappa shape index (κ2) is 7.99. The number of aromatic nitrogens is 2. The summed E-state index contributed by atoms with van der Waals surface area (Å²) < 4.78 is 0. The van der Waals surface area contributed by atoms with E-state index < -0.39 is 0 Å². The number of para-hydroxylation sites is 1. The van der Waals surface area contributed by atoms with E-state index in [1.807, 2.05) is 36.9 Å². The quantitative estimate of drug-likeness (QED) is 0.629. The molecule has 0 spiro atoms. The molecule has 2 aromatic rings. The Bertz CT molecular complexity index is 747. The van der Waals surface area contributed by atoms with Crippen LogP contribution in [0.15, 0.2) is 36.7 Å². The highest BCUT2D eigenvalue weighted by molar-refractivity contribution is 5.71. The highest BCUT2D eigenvalue weighted by Crippen LogP contribution is 2.33. The van der Waals surface area contributed by atoms with Gasteiger partial charge in [-0.2, -0.15) is 0 Å². The molecule has 0 radical (unpaired) electrons. The molecule has 1 aliphatic rings. The zero-order chi connectivity index (χ0) is 18.5. The molecule has 8 heteroatoms. The lowest BCUT2D eigenvalue weighted by molar-refractivity contribution is -0.383. The molecular formula is C18H24N6O2. The van der Waals surface area contributed by atoms with E-state index in [-0.39, 0.29) is 16.7 Å². The van der Waals surface area contributed by atoms with E-state index in [0.717, 1.165) is 19.5 Å². The number of nitrogens with zero attached hydrogens (tertiary/aromatic N) is 5.